The van der Waals surface area contributed by atoms with Crippen molar-refractivity contribution < 1.29 is 14.7 Å². The quantitative estimate of drug-likeness (QED) is 0.725. The number of hydrogen-bond donors (Lipinski definition) is 3. The largest absolute Gasteiger partial charge is 0.396 e. The summed E-state index contributed by atoms with van der Waals surface area (Å²) in [7, 11) is 0. The van der Waals surface area contributed by atoms with Crippen molar-refractivity contribution in [1.82, 2.24) is 5.32 Å². The van der Waals surface area contributed by atoms with Gasteiger partial charge in [0, 0.05) is 37.5 Å². The van der Waals surface area contributed by atoms with Crippen LogP contribution in [0.25, 0.3) is 0 Å². The van der Waals surface area contributed by atoms with E-state index in [9.17, 15) is 14.7 Å². The Kier molecular flexibility index (Phi) is 4.81. The van der Waals surface area contributed by atoms with Crippen LogP contribution in [-0.4, -0.2) is 42.7 Å². The molecule has 1 atom stereocenters. The van der Waals surface area contributed by atoms with E-state index in [0.29, 0.717) is 18.8 Å². The molecule has 2 amide bonds. The molecule has 23 heavy (non-hydrogen) atoms. The second-order valence-electron chi connectivity index (χ2n) is 6.31. The molecule has 2 aliphatic rings. The van der Waals surface area contributed by atoms with Crippen LogP contribution in [0.15, 0.2) is 24.3 Å². The molecule has 124 valence electrons. The Morgan fingerprint density at radius 1 is 1.13 bits per heavy atom. The number of amides is 2. The molecule has 6 heteroatoms. The first kappa shape index (κ1) is 15.8. The zero-order valence-electron chi connectivity index (χ0n) is 13.1. The molecule has 2 saturated heterocycles. The van der Waals surface area contributed by atoms with E-state index >= 15 is 0 Å². The zero-order valence-corrected chi connectivity index (χ0v) is 13.1. The Hall–Kier alpha value is -2.08. The third kappa shape index (κ3) is 3.82. The Balaban J connectivity index is 1.57. The van der Waals surface area contributed by atoms with E-state index in [1.165, 1.54) is 0 Å². The molecule has 2 heterocycles. The molecule has 0 aromatic heterocycles. The second kappa shape index (κ2) is 7.00. The molecule has 1 aromatic rings. The van der Waals surface area contributed by atoms with Crippen LogP contribution in [0, 0.1) is 5.92 Å². The topological polar surface area (TPSA) is 81.7 Å². The van der Waals surface area contributed by atoms with Gasteiger partial charge < -0.3 is 15.3 Å². The van der Waals surface area contributed by atoms with Crippen LogP contribution in [0.1, 0.15) is 25.7 Å². The molecule has 0 spiro atoms. The summed E-state index contributed by atoms with van der Waals surface area (Å²) < 4.78 is 0. The monoisotopic (exact) mass is 317 g/mol. The number of rotatable bonds is 4. The Labute approximate surface area is 135 Å². The number of aliphatic hydroxyl groups is 1. The van der Waals surface area contributed by atoms with Crippen LogP contribution in [0.4, 0.5) is 11.4 Å². The van der Waals surface area contributed by atoms with Crippen LogP contribution in [-0.2, 0) is 9.59 Å². The molecule has 2 fully saturated rings. The summed E-state index contributed by atoms with van der Waals surface area (Å²) in [6.07, 6.45) is 2.95. The molecule has 3 rings (SSSR count). The van der Waals surface area contributed by atoms with Gasteiger partial charge in [0.2, 0.25) is 11.8 Å². The number of carbonyl (C=O) groups excluding carboxylic acids is 2. The zero-order chi connectivity index (χ0) is 16.2. The van der Waals surface area contributed by atoms with E-state index in [1.807, 2.05) is 24.3 Å². The number of imide groups is 1. The van der Waals surface area contributed by atoms with Crippen LogP contribution in [0.2, 0.25) is 0 Å². The molecule has 1 unspecified atom stereocenters. The van der Waals surface area contributed by atoms with Gasteiger partial charge in [-0.05, 0) is 49.4 Å². The standard InChI is InChI=1S/C17H23N3O3/c21-11-12-7-9-20(10-8-12)14-3-1-13(2-4-14)18-15-5-6-16(22)19-17(15)23/h1-4,12,15,18,21H,5-11H2,(H,19,22,23). The maximum atomic E-state index is 11.8. The predicted molar refractivity (Wildman–Crippen MR) is 88.3 cm³/mol. The molecule has 0 aliphatic carbocycles. The van der Waals surface area contributed by atoms with E-state index in [4.69, 9.17) is 0 Å². The van der Waals surface area contributed by atoms with Crippen LogP contribution >= 0.6 is 0 Å². The highest BCUT2D eigenvalue weighted by molar-refractivity contribution is 6.01. The smallest absolute Gasteiger partial charge is 0.249 e. The normalized spacial score (nSPS) is 22.8. The fourth-order valence-corrected chi connectivity index (χ4v) is 3.17. The number of anilines is 2. The molecule has 0 saturated carbocycles. The Morgan fingerprint density at radius 2 is 1.83 bits per heavy atom. The van der Waals surface area contributed by atoms with Crippen LogP contribution in [0.5, 0.6) is 0 Å². The van der Waals surface area contributed by atoms with E-state index in [1.54, 1.807) is 0 Å². The predicted octanol–water partition coefficient (Wildman–Crippen LogP) is 1.11. The van der Waals surface area contributed by atoms with Gasteiger partial charge in [-0.2, -0.15) is 0 Å². The summed E-state index contributed by atoms with van der Waals surface area (Å²) in [5.41, 5.74) is 2.05. The maximum Gasteiger partial charge on any atom is 0.249 e. The number of benzene rings is 1. The minimum absolute atomic E-state index is 0.199. The lowest BCUT2D eigenvalue weighted by Gasteiger charge is -2.33. The molecule has 0 radical (unpaired) electrons. The fourth-order valence-electron chi connectivity index (χ4n) is 3.17. The van der Waals surface area contributed by atoms with Crippen LogP contribution in [0.3, 0.4) is 0 Å². The molecule has 2 aliphatic heterocycles. The number of hydrogen-bond acceptors (Lipinski definition) is 5. The molecule has 1 aromatic carbocycles. The van der Waals surface area contributed by atoms with E-state index in [0.717, 1.165) is 37.3 Å². The molecule has 6 nitrogen and oxygen atoms in total. The highest BCUT2D eigenvalue weighted by atomic mass is 16.3. The average molecular weight is 317 g/mol. The van der Waals surface area contributed by atoms with Crippen molar-refractivity contribution in [3.8, 4) is 0 Å². The van der Waals surface area contributed by atoms with Gasteiger partial charge in [0.15, 0.2) is 0 Å². The van der Waals surface area contributed by atoms with E-state index in [-0.39, 0.29) is 24.5 Å². The summed E-state index contributed by atoms with van der Waals surface area (Å²) in [5, 5.41) is 14.7. The summed E-state index contributed by atoms with van der Waals surface area (Å²) in [6.45, 7) is 2.21. The van der Waals surface area contributed by atoms with Crippen molar-refractivity contribution in [1.29, 1.82) is 0 Å². The number of aliphatic hydroxyl groups excluding tert-OH is 1. The van der Waals surface area contributed by atoms with Gasteiger partial charge in [0.05, 0.1) is 0 Å². The van der Waals surface area contributed by atoms with Crippen molar-refractivity contribution in [3.05, 3.63) is 24.3 Å². The van der Waals surface area contributed by atoms with E-state index < -0.39 is 0 Å². The molecular formula is C17H23N3O3. The number of carbonyl (C=O) groups is 2. The highest BCUT2D eigenvalue weighted by Crippen LogP contribution is 2.25. The van der Waals surface area contributed by atoms with Gasteiger partial charge in [-0.3, -0.25) is 14.9 Å². The molecule has 0 bridgehead atoms. The number of piperidine rings is 2. The van der Waals surface area contributed by atoms with Crippen LogP contribution < -0.4 is 15.5 Å². The van der Waals surface area contributed by atoms with Crippen molar-refractivity contribution in [2.24, 2.45) is 5.92 Å². The third-order valence-corrected chi connectivity index (χ3v) is 4.69. The molecule has 3 N–H and O–H groups in total. The lowest BCUT2D eigenvalue weighted by molar-refractivity contribution is -0.133. The second-order valence-corrected chi connectivity index (χ2v) is 6.31. The van der Waals surface area contributed by atoms with Crippen molar-refractivity contribution in [2.45, 2.75) is 31.7 Å². The van der Waals surface area contributed by atoms with Gasteiger partial charge >= 0.3 is 0 Å². The average Bonchev–Trinajstić information content (AvgIpc) is 2.58. The van der Waals surface area contributed by atoms with Gasteiger partial charge in [0.1, 0.15) is 6.04 Å². The van der Waals surface area contributed by atoms with Crippen molar-refractivity contribution in [3.63, 3.8) is 0 Å². The summed E-state index contributed by atoms with van der Waals surface area (Å²) in [6, 6.07) is 7.69. The van der Waals surface area contributed by atoms with Gasteiger partial charge in [-0.15, -0.1) is 0 Å². The summed E-state index contributed by atoms with van der Waals surface area (Å²) >= 11 is 0. The summed E-state index contributed by atoms with van der Waals surface area (Å²) in [4.78, 5) is 25.2. The Bertz CT molecular complexity index is 565. The lowest BCUT2D eigenvalue weighted by atomic mass is 9.97. The van der Waals surface area contributed by atoms with Crippen molar-refractivity contribution in [2.75, 3.05) is 29.9 Å². The first-order valence-corrected chi connectivity index (χ1v) is 8.22. The minimum atomic E-state index is -0.348. The van der Waals surface area contributed by atoms with Gasteiger partial charge in [-0.1, -0.05) is 0 Å². The highest BCUT2D eigenvalue weighted by Gasteiger charge is 2.26. The number of nitrogens with zero attached hydrogens (tertiary/aromatic N) is 1. The lowest BCUT2D eigenvalue weighted by Crippen LogP contribution is -2.47. The van der Waals surface area contributed by atoms with E-state index in [2.05, 4.69) is 15.5 Å². The van der Waals surface area contributed by atoms with Gasteiger partial charge in [0.25, 0.3) is 0 Å². The SMILES string of the molecule is O=C1CCC(Nc2ccc(N3CCC(CO)CC3)cc2)C(=O)N1. The van der Waals surface area contributed by atoms with Crippen molar-refractivity contribution >= 4 is 23.2 Å². The first-order chi connectivity index (χ1) is 11.2. The Morgan fingerprint density at radius 3 is 2.43 bits per heavy atom. The maximum absolute atomic E-state index is 11.8. The number of nitrogens with one attached hydrogen (secondary N) is 2. The van der Waals surface area contributed by atoms with Gasteiger partial charge in [-0.25, -0.2) is 0 Å². The third-order valence-electron chi connectivity index (χ3n) is 4.69. The minimum Gasteiger partial charge on any atom is -0.396 e. The summed E-state index contributed by atoms with van der Waals surface area (Å²) in [5.74, 6) is -0.0224. The fraction of sp³-hybridized carbons (Fsp3) is 0.529. The molecular weight excluding hydrogens is 294 g/mol. The first-order valence-electron chi connectivity index (χ1n) is 8.22.